The van der Waals surface area contributed by atoms with Gasteiger partial charge in [-0.25, -0.2) is 0 Å². The van der Waals surface area contributed by atoms with Gasteiger partial charge in [0.2, 0.25) is 0 Å². The van der Waals surface area contributed by atoms with Crippen LogP contribution in [0, 0.1) is 11.3 Å². The van der Waals surface area contributed by atoms with E-state index in [1.54, 1.807) is 35.2 Å². The molecule has 0 saturated heterocycles. The highest BCUT2D eigenvalue weighted by Crippen LogP contribution is 2.31. The van der Waals surface area contributed by atoms with Crippen molar-refractivity contribution in [3.8, 4) is 6.07 Å². The number of amides is 1. The predicted octanol–water partition coefficient (Wildman–Crippen LogP) is 2.30. The van der Waals surface area contributed by atoms with Gasteiger partial charge in [-0.1, -0.05) is 12.1 Å². The number of anilines is 2. The summed E-state index contributed by atoms with van der Waals surface area (Å²) in [6.07, 6.45) is 0. The van der Waals surface area contributed by atoms with E-state index < -0.39 is 0 Å². The van der Waals surface area contributed by atoms with Gasteiger partial charge in [-0.05, 0) is 35.9 Å². The van der Waals surface area contributed by atoms with Crippen molar-refractivity contribution >= 4 is 17.3 Å². The summed E-state index contributed by atoms with van der Waals surface area (Å²) in [5, 5.41) is 8.78. The molecule has 0 unspecified atom stereocenters. The van der Waals surface area contributed by atoms with E-state index in [1.165, 1.54) is 0 Å². The topological polar surface area (TPSA) is 70.1 Å². The number of nitrogen functional groups attached to an aromatic ring is 1. The molecule has 0 radical (unpaired) electrons. The normalized spacial score (nSPS) is 13.2. The van der Waals surface area contributed by atoms with Crippen LogP contribution in [0.3, 0.4) is 0 Å². The molecule has 0 bridgehead atoms. The Kier molecular flexibility index (Phi) is 2.46. The van der Waals surface area contributed by atoms with Crippen LogP contribution in [0.5, 0.6) is 0 Å². The van der Waals surface area contributed by atoms with Crippen molar-refractivity contribution in [1.82, 2.24) is 0 Å². The smallest absolute Gasteiger partial charge is 0.261 e. The number of benzene rings is 2. The SMILES string of the molecule is N#Cc1ccc(N2Cc3cccc(N)c3C2=O)cc1. The predicted molar refractivity (Wildman–Crippen MR) is 72.5 cm³/mol. The maximum absolute atomic E-state index is 12.4. The van der Waals surface area contributed by atoms with Crippen LogP contribution in [-0.4, -0.2) is 5.91 Å². The van der Waals surface area contributed by atoms with Crippen LogP contribution in [0.15, 0.2) is 42.5 Å². The van der Waals surface area contributed by atoms with Gasteiger partial charge in [0.15, 0.2) is 0 Å². The van der Waals surface area contributed by atoms with Crippen LogP contribution in [0.4, 0.5) is 11.4 Å². The van der Waals surface area contributed by atoms with Gasteiger partial charge >= 0.3 is 0 Å². The van der Waals surface area contributed by atoms with Gasteiger partial charge in [-0.2, -0.15) is 5.26 Å². The van der Waals surface area contributed by atoms with E-state index in [9.17, 15) is 4.79 Å². The minimum Gasteiger partial charge on any atom is -0.398 e. The van der Waals surface area contributed by atoms with Crippen molar-refractivity contribution in [2.45, 2.75) is 6.54 Å². The molecule has 92 valence electrons. The lowest BCUT2D eigenvalue weighted by Crippen LogP contribution is -2.23. The van der Waals surface area contributed by atoms with E-state index in [-0.39, 0.29) is 5.91 Å². The Bertz CT molecular complexity index is 698. The average Bonchev–Trinajstić information content (AvgIpc) is 2.78. The molecule has 0 spiro atoms. The maximum atomic E-state index is 12.4. The number of carbonyl (C=O) groups excluding carboxylic acids is 1. The molecule has 0 fully saturated rings. The van der Waals surface area contributed by atoms with Crippen molar-refractivity contribution in [3.63, 3.8) is 0 Å². The van der Waals surface area contributed by atoms with Crippen LogP contribution in [0.1, 0.15) is 21.5 Å². The second-order valence-electron chi connectivity index (χ2n) is 4.43. The third kappa shape index (κ3) is 1.72. The third-order valence-electron chi connectivity index (χ3n) is 3.28. The highest BCUT2D eigenvalue weighted by molar-refractivity contribution is 6.13. The molecule has 0 aliphatic carbocycles. The van der Waals surface area contributed by atoms with E-state index in [0.29, 0.717) is 23.4 Å². The van der Waals surface area contributed by atoms with E-state index >= 15 is 0 Å². The van der Waals surface area contributed by atoms with Crippen molar-refractivity contribution in [2.24, 2.45) is 0 Å². The Morgan fingerprint density at radius 1 is 1.16 bits per heavy atom. The zero-order valence-corrected chi connectivity index (χ0v) is 10.1. The average molecular weight is 249 g/mol. The van der Waals surface area contributed by atoms with Crippen molar-refractivity contribution in [1.29, 1.82) is 5.26 Å². The quantitative estimate of drug-likeness (QED) is 0.788. The molecular formula is C15H11N3O. The van der Waals surface area contributed by atoms with E-state index in [2.05, 4.69) is 6.07 Å². The van der Waals surface area contributed by atoms with Crippen LogP contribution >= 0.6 is 0 Å². The highest BCUT2D eigenvalue weighted by atomic mass is 16.2. The molecule has 19 heavy (non-hydrogen) atoms. The molecule has 0 saturated carbocycles. The zero-order valence-electron chi connectivity index (χ0n) is 10.1. The molecule has 3 rings (SSSR count). The van der Waals surface area contributed by atoms with E-state index in [0.717, 1.165) is 11.3 Å². The Morgan fingerprint density at radius 2 is 1.89 bits per heavy atom. The number of nitrogens with zero attached hydrogens (tertiary/aromatic N) is 2. The van der Waals surface area contributed by atoms with Gasteiger partial charge in [-0.3, -0.25) is 4.79 Å². The van der Waals surface area contributed by atoms with Gasteiger partial charge < -0.3 is 10.6 Å². The summed E-state index contributed by atoms with van der Waals surface area (Å²) in [6.45, 7) is 0.519. The molecule has 2 aromatic rings. The lowest BCUT2D eigenvalue weighted by molar-refractivity contribution is 0.0997. The number of hydrogen-bond donors (Lipinski definition) is 1. The van der Waals surface area contributed by atoms with Gasteiger partial charge in [0.25, 0.3) is 5.91 Å². The molecule has 1 amide bonds. The summed E-state index contributed by atoms with van der Waals surface area (Å²) >= 11 is 0. The highest BCUT2D eigenvalue weighted by Gasteiger charge is 2.30. The number of carbonyl (C=O) groups is 1. The molecule has 1 aliphatic heterocycles. The second-order valence-corrected chi connectivity index (χ2v) is 4.43. The summed E-state index contributed by atoms with van der Waals surface area (Å²) < 4.78 is 0. The first-order chi connectivity index (χ1) is 9.20. The monoisotopic (exact) mass is 249 g/mol. The summed E-state index contributed by atoms with van der Waals surface area (Å²) in [4.78, 5) is 14.0. The fourth-order valence-electron chi connectivity index (χ4n) is 2.31. The summed E-state index contributed by atoms with van der Waals surface area (Å²) in [5.74, 6) is -0.0854. The first-order valence-corrected chi connectivity index (χ1v) is 5.90. The molecule has 4 heteroatoms. The molecule has 0 aromatic heterocycles. The molecule has 1 aliphatic rings. The molecule has 2 aromatic carbocycles. The van der Waals surface area contributed by atoms with Crippen LogP contribution in [0.2, 0.25) is 0 Å². The van der Waals surface area contributed by atoms with Crippen LogP contribution in [0.25, 0.3) is 0 Å². The lowest BCUT2D eigenvalue weighted by atomic mass is 10.1. The van der Waals surface area contributed by atoms with Crippen LogP contribution < -0.4 is 10.6 Å². The Labute approximate surface area is 110 Å². The van der Waals surface area contributed by atoms with E-state index in [4.69, 9.17) is 11.0 Å². The van der Waals surface area contributed by atoms with Crippen molar-refractivity contribution < 1.29 is 4.79 Å². The van der Waals surface area contributed by atoms with Crippen molar-refractivity contribution in [3.05, 3.63) is 59.2 Å². The van der Waals surface area contributed by atoms with Gasteiger partial charge in [0.05, 0.1) is 23.7 Å². The third-order valence-corrected chi connectivity index (χ3v) is 3.28. The van der Waals surface area contributed by atoms with E-state index in [1.807, 2.05) is 12.1 Å². The number of fused-ring (bicyclic) bond motifs is 1. The molecule has 0 atom stereocenters. The summed E-state index contributed by atoms with van der Waals surface area (Å²) in [6, 6.07) is 14.5. The summed E-state index contributed by atoms with van der Waals surface area (Å²) in [5.41, 5.74) is 9.25. The first-order valence-electron chi connectivity index (χ1n) is 5.90. The number of rotatable bonds is 1. The molecule has 2 N–H and O–H groups in total. The number of nitriles is 1. The maximum Gasteiger partial charge on any atom is 0.261 e. The minimum absolute atomic E-state index is 0.0854. The first kappa shape index (κ1) is 11.3. The second kappa shape index (κ2) is 4.14. The number of hydrogen-bond acceptors (Lipinski definition) is 3. The Morgan fingerprint density at radius 3 is 2.53 bits per heavy atom. The van der Waals surface area contributed by atoms with Crippen LogP contribution in [-0.2, 0) is 6.54 Å². The number of nitrogens with two attached hydrogens (primary N) is 1. The Hall–Kier alpha value is -2.80. The fraction of sp³-hybridized carbons (Fsp3) is 0.0667. The minimum atomic E-state index is -0.0854. The Balaban J connectivity index is 2.00. The zero-order chi connectivity index (χ0) is 13.4. The molecular weight excluding hydrogens is 238 g/mol. The van der Waals surface area contributed by atoms with Crippen molar-refractivity contribution in [2.75, 3.05) is 10.6 Å². The molecule has 4 nitrogen and oxygen atoms in total. The lowest BCUT2D eigenvalue weighted by Gasteiger charge is -2.15. The largest absolute Gasteiger partial charge is 0.398 e. The molecule has 1 heterocycles. The summed E-state index contributed by atoms with van der Waals surface area (Å²) in [7, 11) is 0. The van der Waals surface area contributed by atoms with Gasteiger partial charge in [-0.15, -0.1) is 0 Å². The fourth-order valence-corrected chi connectivity index (χ4v) is 2.31. The van der Waals surface area contributed by atoms with Gasteiger partial charge in [0, 0.05) is 11.4 Å². The standard InChI is InChI=1S/C15H11N3O/c16-8-10-4-6-12(7-5-10)18-9-11-2-1-3-13(17)14(11)15(18)19/h1-7H,9,17H2. The van der Waals surface area contributed by atoms with Gasteiger partial charge in [0.1, 0.15) is 0 Å².